The lowest BCUT2D eigenvalue weighted by Gasteiger charge is -2.68. The van der Waals surface area contributed by atoms with Gasteiger partial charge in [0.05, 0.1) is 47.6 Å². The van der Waals surface area contributed by atoms with Gasteiger partial charge in [0.25, 0.3) is 0 Å². The summed E-state index contributed by atoms with van der Waals surface area (Å²) in [6, 6.07) is 0. The van der Waals surface area contributed by atoms with Crippen molar-refractivity contribution in [3.63, 3.8) is 0 Å². The Morgan fingerprint density at radius 2 is 1.71 bits per heavy atom. The molecule has 4 aliphatic carbocycles. The van der Waals surface area contributed by atoms with E-state index in [-0.39, 0.29) is 31.6 Å². The molecule has 0 aromatic heterocycles. The first-order valence-electron chi connectivity index (χ1n) is 10.7. The quantitative estimate of drug-likeness (QED) is 0.332. The van der Waals surface area contributed by atoms with Crippen LogP contribution in [0.1, 0.15) is 58.8 Å². The zero-order valence-electron chi connectivity index (χ0n) is 16.8. The summed E-state index contributed by atoms with van der Waals surface area (Å²) in [7, 11) is 0. The fourth-order valence-electron chi connectivity index (χ4n) is 8.32. The van der Waals surface area contributed by atoms with Gasteiger partial charge >= 0.3 is 0 Å². The minimum Gasteiger partial charge on any atom is -0.396 e. The molecule has 0 heterocycles. The summed E-state index contributed by atoms with van der Waals surface area (Å²) in [6.45, 7) is 3.15. The van der Waals surface area contributed by atoms with Crippen LogP contribution in [0, 0.1) is 28.6 Å². The Hall–Kier alpha value is -0.280. The molecule has 4 fully saturated rings. The van der Waals surface area contributed by atoms with Crippen LogP contribution in [-0.4, -0.2) is 78.0 Å². The van der Waals surface area contributed by atoms with E-state index in [4.69, 9.17) is 0 Å². The summed E-state index contributed by atoms with van der Waals surface area (Å²) >= 11 is 0. The predicted molar refractivity (Wildman–Crippen MR) is 100 cm³/mol. The highest BCUT2D eigenvalue weighted by atomic mass is 16.3. The topological polar surface area (TPSA) is 142 Å². The number of rotatable bonds is 2. The molecule has 7 N–H and O–H groups in total. The van der Waals surface area contributed by atoms with Crippen molar-refractivity contribution in [2.24, 2.45) is 28.6 Å². The molecule has 0 aromatic rings. The predicted octanol–water partition coefficient (Wildman–Crippen LogP) is -0.469. The summed E-state index contributed by atoms with van der Waals surface area (Å²) in [5.41, 5.74) is -4.69. The van der Waals surface area contributed by atoms with Gasteiger partial charge in [-0.3, -0.25) is 0 Å². The van der Waals surface area contributed by atoms with Crippen molar-refractivity contribution in [2.45, 2.75) is 94.4 Å². The van der Waals surface area contributed by atoms with E-state index in [1.54, 1.807) is 6.92 Å². The molecule has 0 saturated heterocycles. The highest BCUT2D eigenvalue weighted by molar-refractivity contribution is 5.24. The van der Waals surface area contributed by atoms with E-state index in [0.29, 0.717) is 19.3 Å². The third-order valence-electron chi connectivity index (χ3n) is 9.58. The number of hydrogen-bond donors (Lipinski definition) is 7. The third-order valence-corrected chi connectivity index (χ3v) is 9.58. The second-order valence-electron chi connectivity index (χ2n) is 10.5. The first-order chi connectivity index (χ1) is 13.0. The first kappa shape index (κ1) is 21.0. The van der Waals surface area contributed by atoms with Gasteiger partial charge in [0.1, 0.15) is 0 Å². The van der Waals surface area contributed by atoms with E-state index >= 15 is 0 Å². The Morgan fingerprint density at radius 3 is 2.32 bits per heavy atom. The number of aliphatic hydroxyl groups is 7. The molecule has 4 saturated carbocycles. The molecule has 0 spiro atoms. The van der Waals surface area contributed by atoms with E-state index in [2.05, 4.69) is 0 Å². The molecule has 0 aliphatic heterocycles. The van der Waals surface area contributed by atoms with Gasteiger partial charge in [-0.2, -0.15) is 0 Å². The van der Waals surface area contributed by atoms with Crippen molar-refractivity contribution < 1.29 is 35.7 Å². The van der Waals surface area contributed by atoms with Crippen molar-refractivity contribution >= 4 is 0 Å². The summed E-state index contributed by atoms with van der Waals surface area (Å²) in [6.07, 6.45) is -1.42. The third kappa shape index (κ3) is 2.30. The van der Waals surface area contributed by atoms with Gasteiger partial charge in [-0.15, -0.1) is 0 Å². The lowest BCUT2D eigenvalue weighted by atomic mass is 9.40. The fraction of sp³-hybridized carbons (Fsp3) is 1.00. The summed E-state index contributed by atoms with van der Waals surface area (Å²) in [4.78, 5) is 0. The average Bonchev–Trinajstić information content (AvgIpc) is 2.85. The van der Waals surface area contributed by atoms with E-state index in [1.807, 2.05) is 6.92 Å². The smallest absolute Gasteiger partial charge is 0.0779 e. The van der Waals surface area contributed by atoms with Crippen LogP contribution in [0.2, 0.25) is 0 Å². The maximum Gasteiger partial charge on any atom is 0.0779 e. The van der Waals surface area contributed by atoms with E-state index in [0.717, 1.165) is 0 Å². The van der Waals surface area contributed by atoms with Crippen molar-refractivity contribution in [1.29, 1.82) is 0 Å². The van der Waals surface area contributed by atoms with Gasteiger partial charge in [-0.05, 0) is 50.9 Å². The van der Waals surface area contributed by atoms with Crippen LogP contribution in [0.15, 0.2) is 0 Å². The molecule has 4 aliphatic rings. The average molecular weight is 401 g/mol. The largest absolute Gasteiger partial charge is 0.396 e. The Kier molecular flexibility index (Phi) is 4.76. The summed E-state index contributed by atoms with van der Waals surface area (Å²) in [5, 5.41) is 76.5. The minimum atomic E-state index is -1.49. The van der Waals surface area contributed by atoms with Crippen molar-refractivity contribution in [3.05, 3.63) is 0 Å². The fourth-order valence-corrected chi connectivity index (χ4v) is 8.32. The molecule has 0 radical (unpaired) electrons. The van der Waals surface area contributed by atoms with E-state index in [1.165, 1.54) is 0 Å². The Morgan fingerprint density at radius 1 is 1.04 bits per heavy atom. The molecule has 162 valence electrons. The molecule has 0 bridgehead atoms. The molecule has 7 nitrogen and oxygen atoms in total. The lowest BCUT2D eigenvalue weighted by Crippen LogP contribution is -2.75. The normalized spacial score (nSPS) is 59.9. The Balaban J connectivity index is 1.81. The molecule has 28 heavy (non-hydrogen) atoms. The van der Waals surface area contributed by atoms with Gasteiger partial charge in [0.15, 0.2) is 0 Å². The SMILES string of the molecule is CC(O)[C@H]1CC[C@]2(O)C3CC[C@]4(O)C[C@@H](O)C[C@@H](O)[C@]4(CO)C3C(O)C[C@]12C. The maximum atomic E-state index is 11.9. The second kappa shape index (κ2) is 6.36. The van der Waals surface area contributed by atoms with Gasteiger partial charge in [-0.25, -0.2) is 0 Å². The Labute approximate surface area is 166 Å². The van der Waals surface area contributed by atoms with Crippen molar-refractivity contribution in [2.75, 3.05) is 6.61 Å². The molecular weight excluding hydrogens is 364 g/mol. The number of aliphatic hydroxyl groups excluding tert-OH is 5. The van der Waals surface area contributed by atoms with Crippen LogP contribution in [0.25, 0.3) is 0 Å². The van der Waals surface area contributed by atoms with Crippen LogP contribution < -0.4 is 0 Å². The molecular formula is C21H36O7. The zero-order chi connectivity index (χ0) is 20.7. The second-order valence-corrected chi connectivity index (χ2v) is 10.5. The summed E-state index contributed by atoms with van der Waals surface area (Å²) in [5.74, 6) is -1.22. The highest BCUT2D eigenvalue weighted by Crippen LogP contribution is 2.70. The first-order valence-corrected chi connectivity index (χ1v) is 10.7. The minimum absolute atomic E-state index is 0.0325. The van der Waals surface area contributed by atoms with Crippen LogP contribution in [0.5, 0.6) is 0 Å². The number of hydrogen-bond acceptors (Lipinski definition) is 7. The zero-order valence-corrected chi connectivity index (χ0v) is 16.8. The van der Waals surface area contributed by atoms with Crippen LogP contribution >= 0.6 is 0 Å². The van der Waals surface area contributed by atoms with E-state index in [9.17, 15) is 35.7 Å². The van der Waals surface area contributed by atoms with E-state index < -0.39 is 64.9 Å². The summed E-state index contributed by atoms with van der Waals surface area (Å²) < 4.78 is 0. The van der Waals surface area contributed by atoms with Crippen molar-refractivity contribution in [1.82, 2.24) is 0 Å². The Bertz CT molecular complexity index is 628. The van der Waals surface area contributed by atoms with Crippen molar-refractivity contribution in [3.8, 4) is 0 Å². The van der Waals surface area contributed by atoms with Gasteiger partial charge < -0.3 is 35.7 Å². The molecule has 4 unspecified atom stereocenters. The monoisotopic (exact) mass is 400 g/mol. The molecule has 11 atom stereocenters. The molecule has 0 amide bonds. The van der Waals surface area contributed by atoms with Gasteiger partial charge in [0.2, 0.25) is 0 Å². The van der Waals surface area contributed by atoms with Gasteiger partial charge in [0, 0.05) is 24.2 Å². The number of fused-ring (bicyclic) bond motifs is 5. The highest BCUT2D eigenvalue weighted by Gasteiger charge is 2.75. The molecule has 0 aromatic carbocycles. The van der Waals surface area contributed by atoms with Crippen LogP contribution in [0.4, 0.5) is 0 Å². The van der Waals surface area contributed by atoms with Crippen LogP contribution in [0.3, 0.4) is 0 Å². The van der Waals surface area contributed by atoms with Crippen LogP contribution in [-0.2, 0) is 0 Å². The maximum absolute atomic E-state index is 11.9. The molecule has 7 heteroatoms. The molecule has 4 rings (SSSR count). The van der Waals surface area contributed by atoms with Gasteiger partial charge in [-0.1, -0.05) is 6.92 Å². The lowest BCUT2D eigenvalue weighted by molar-refractivity contribution is -0.318. The standard InChI is InChI=1S/C21H36O7/c1-11(23)13-4-6-21(28)14-3-5-19(27)8-12(24)7-16(26)20(19,10-22)17(14)15(25)9-18(13,21)2/h11-17,22-28H,3-10H2,1-2H3/t11?,12-,13+,14?,15?,16+,17?,18+,19-,20+,21-/m0/s1.